The Labute approximate surface area is 170 Å². The molecule has 9 rings (SSSR count). The minimum absolute atomic E-state index is 0.445. The minimum Gasteiger partial charge on any atom is -0.308 e. The van der Waals surface area contributed by atoms with Crippen LogP contribution < -0.4 is 0 Å². The van der Waals surface area contributed by atoms with Gasteiger partial charge in [-0.1, -0.05) is 36.4 Å². The maximum absolute atomic E-state index is 2.61. The summed E-state index contributed by atoms with van der Waals surface area (Å²) in [4.78, 5) is 0. The second-order valence-corrected chi connectivity index (χ2v) is 10.5. The lowest BCUT2D eigenvalue weighted by Crippen LogP contribution is -2.48. The van der Waals surface area contributed by atoms with Crippen LogP contribution in [0.1, 0.15) is 44.1 Å². The van der Waals surface area contributed by atoms with Crippen molar-refractivity contribution in [2.24, 2.45) is 17.8 Å². The Morgan fingerprint density at radius 2 is 1.10 bits per heavy atom. The van der Waals surface area contributed by atoms with Crippen LogP contribution in [-0.4, -0.2) is 4.40 Å². The number of aromatic nitrogens is 1. The predicted molar refractivity (Wildman–Crippen MR) is 121 cm³/mol. The maximum atomic E-state index is 2.61. The normalized spacial score (nSPS) is 31.1. The Balaban J connectivity index is 1.52. The van der Waals surface area contributed by atoms with E-state index in [0.29, 0.717) is 5.41 Å². The van der Waals surface area contributed by atoms with Gasteiger partial charge in [-0.05, 0) is 91.5 Å². The molecule has 4 fully saturated rings. The lowest BCUT2D eigenvalue weighted by molar-refractivity contribution is -0.00508. The summed E-state index contributed by atoms with van der Waals surface area (Å²) in [6.45, 7) is 0. The van der Waals surface area contributed by atoms with Gasteiger partial charge in [0.2, 0.25) is 0 Å². The van der Waals surface area contributed by atoms with Crippen LogP contribution in [-0.2, 0) is 5.41 Å². The molecular formula is C28H25N. The van der Waals surface area contributed by atoms with Crippen LogP contribution in [0.2, 0.25) is 0 Å². The van der Waals surface area contributed by atoms with Gasteiger partial charge in [0.05, 0.1) is 16.6 Å². The summed E-state index contributed by atoms with van der Waals surface area (Å²) in [5.41, 5.74) is 6.24. The summed E-state index contributed by atoms with van der Waals surface area (Å²) in [6.07, 6.45) is 8.84. The molecule has 1 nitrogen and oxygen atoms in total. The molecule has 0 aliphatic heterocycles. The molecule has 0 spiro atoms. The fourth-order valence-corrected chi connectivity index (χ4v) is 8.22. The maximum Gasteiger partial charge on any atom is 0.0620 e. The van der Waals surface area contributed by atoms with Crippen LogP contribution in [0.25, 0.3) is 38.1 Å². The van der Waals surface area contributed by atoms with Crippen molar-refractivity contribution in [1.29, 1.82) is 0 Å². The Morgan fingerprint density at radius 1 is 0.621 bits per heavy atom. The number of hydrogen-bond donors (Lipinski definition) is 0. The van der Waals surface area contributed by atoms with Gasteiger partial charge >= 0.3 is 0 Å². The van der Waals surface area contributed by atoms with Crippen LogP contribution in [0.4, 0.5) is 0 Å². The van der Waals surface area contributed by atoms with Crippen molar-refractivity contribution in [2.75, 3.05) is 0 Å². The Hall–Kier alpha value is -2.54. The molecule has 0 N–H and O–H groups in total. The third-order valence-electron chi connectivity index (χ3n) is 8.85. The first-order chi connectivity index (χ1) is 14.3. The van der Waals surface area contributed by atoms with E-state index in [9.17, 15) is 0 Å². The van der Waals surface area contributed by atoms with Gasteiger partial charge in [-0.15, -0.1) is 0 Å². The lowest BCUT2D eigenvalue weighted by Gasteiger charge is -2.57. The van der Waals surface area contributed by atoms with Crippen molar-refractivity contribution in [2.45, 2.75) is 43.9 Å². The topological polar surface area (TPSA) is 4.41 Å². The SMILES string of the molecule is c1ccc2c(c1)c1cc(C34CC5CC(CC(C5)C3)C4)cc3c4ccccc4n2c13. The molecule has 2 aromatic heterocycles. The number of fused-ring (bicyclic) bond motifs is 6. The van der Waals surface area contributed by atoms with E-state index in [1.54, 1.807) is 5.56 Å². The van der Waals surface area contributed by atoms with E-state index >= 15 is 0 Å². The fourth-order valence-electron chi connectivity index (χ4n) is 8.22. The summed E-state index contributed by atoms with van der Waals surface area (Å²) in [6, 6.07) is 23.2. The number of hydrogen-bond acceptors (Lipinski definition) is 0. The standard InChI is InChI=1S/C28H25N/c1-3-7-25-21(5-1)23-12-20(28-14-17-9-18(15-28)11-19(10-17)16-28)13-24-22-6-2-4-8-26(22)29(25)27(23)24/h1-8,12-13,17-19H,9-11,14-16H2. The zero-order valence-electron chi connectivity index (χ0n) is 16.7. The first-order valence-corrected chi connectivity index (χ1v) is 11.5. The van der Waals surface area contributed by atoms with Gasteiger partial charge in [-0.3, -0.25) is 0 Å². The first kappa shape index (κ1) is 15.3. The van der Waals surface area contributed by atoms with Crippen LogP contribution in [0.5, 0.6) is 0 Å². The van der Waals surface area contributed by atoms with Gasteiger partial charge in [0.1, 0.15) is 0 Å². The van der Waals surface area contributed by atoms with Gasteiger partial charge in [-0.25, -0.2) is 0 Å². The van der Waals surface area contributed by atoms with Crippen molar-refractivity contribution in [1.82, 2.24) is 4.40 Å². The van der Waals surface area contributed by atoms with Crippen molar-refractivity contribution >= 4 is 38.1 Å². The summed E-state index contributed by atoms with van der Waals surface area (Å²) >= 11 is 0. The molecule has 3 aromatic carbocycles. The van der Waals surface area contributed by atoms with Crippen LogP contribution in [0.3, 0.4) is 0 Å². The second-order valence-electron chi connectivity index (χ2n) is 10.5. The van der Waals surface area contributed by atoms with Crippen molar-refractivity contribution < 1.29 is 0 Å². The molecule has 0 atom stereocenters. The number of nitrogens with zero attached hydrogens (tertiary/aromatic N) is 1. The van der Waals surface area contributed by atoms with E-state index < -0.39 is 0 Å². The molecule has 29 heavy (non-hydrogen) atoms. The second kappa shape index (κ2) is 4.95. The highest BCUT2D eigenvalue weighted by Crippen LogP contribution is 2.61. The minimum atomic E-state index is 0.445. The zero-order chi connectivity index (χ0) is 18.7. The van der Waals surface area contributed by atoms with Crippen LogP contribution in [0.15, 0.2) is 60.7 Å². The largest absolute Gasteiger partial charge is 0.308 e. The fraction of sp³-hybridized carbons (Fsp3) is 0.357. The Kier molecular flexibility index (Phi) is 2.62. The molecule has 0 saturated heterocycles. The monoisotopic (exact) mass is 375 g/mol. The summed E-state index contributed by atoms with van der Waals surface area (Å²) in [5, 5.41) is 5.79. The van der Waals surface area contributed by atoms with E-state index in [-0.39, 0.29) is 0 Å². The van der Waals surface area contributed by atoms with E-state index in [0.717, 1.165) is 17.8 Å². The smallest absolute Gasteiger partial charge is 0.0620 e. The molecule has 2 heterocycles. The van der Waals surface area contributed by atoms with E-state index in [4.69, 9.17) is 0 Å². The van der Waals surface area contributed by atoms with E-state index in [2.05, 4.69) is 65.1 Å². The molecule has 4 bridgehead atoms. The summed E-state index contributed by atoms with van der Waals surface area (Å²) < 4.78 is 2.51. The van der Waals surface area contributed by atoms with Crippen molar-refractivity contribution in [3.8, 4) is 0 Å². The lowest BCUT2D eigenvalue weighted by atomic mass is 9.48. The van der Waals surface area contributed by atoms with Gasteiger partial charge in [0, 0.05) is 21.5 Å². The van der Waals surface area contributed by atoms with Crippen molar-refractivity contribution in [3.05, 3.63) is 66.2 Å². The molecule has 4 saturated carbocycles. The molecule has 4 aliphatic rings. The van der Waals surface area contributed by atoms with Gasteiger partial charge in [-0.2, -0.15) is 0 Å². The molecular weight excluding hydrogens is 350 g/mol. The van der Waals surface area contributed by atoms with Gasteiger partial charge in [0.25, 0.3) is 0 Å². The third kappa shape index (κ3) is 1.79. The number of rotatable bonds is 1. The highest BCUT2D eigenvalue weighted by Gasteiger charge is 2.51. The predicted octanol–water partition coefficient (Wildman–Crippen LogP) is 7.30. The summed E-state index contributed by atoms with van der Waals surface area (Å²) in [5.74, 6) is 2.96. The molecule has 0 radical (unpaired) electrons. The summed E-state index contributed by atoms with van der Waals surface area (Å²) in [7, 11) is 0. The number of para-hydroxylation sites is 2. The molecule has 4 aliphatic carbocycles. The Bertz CT molecular complexity index is 1320. The highest BCUT2D eigenvalue weighted by molar-refractivity contribution is 6.23. The first-order valence-electron chi connectivity index (χ1n) is 11.5. The highest BCUT2D eigenvalue weighted by atomic mass is 14.9. The van der Waals surface area contributed by atoms with Crippen LogP contribution >= 0.6 is 0 Å². The molecule has 0 amide bonds. The quantitative estimate of drug-likeness (QED) is 0.289. The molecule has 0 unspecified atom stereocenters. The van der Waals surface area contributed by atoms with E-state index in [1.165, 1.54) is 76.6 Å². The van der Waals surface area contributed by atoms with Crippen LogP contribution in [0, 0.1) is 17.8 Å². The van der Waals surface area contributed by atoms with E-state index in [1.807, 2.05) is 0 Å². The molecule has 5 aromatic rings. The third-order valence-corrected chi connectivity index (χ3v) is 8.85. The Morgan fingerprint density at radius 3 is 1.62 bits per heavy atom. The van der Waals surface area contributed by atoms with Crippen molar-refractivity contribution in [3.63, 3.8) is 0 Å². The average molecular weight is 376 g/mol. The van der Waals surface area contributed by atoms with Gasteiger partial charge < -0.3 is 4.40 Å². The van der Waals surface area contributed by atoms with Gasteiger partial charge in [0.15, 0.2) is 0 Å². The molecule has 142 valence electrons. The molecule has 1 heteroatoms. The zero-order valence-corrected chi connectivity index (χ0v) is 16.7. The average Bonchev–Trinajstić information content (AvgIpc) is 3.24. The number of benzene rings is 3.